The molecular weight excluding hydrogens is 520 g/mol. The van der Waals surface area contributed by atoms with Crippen molar-refractivity contribution < 1.29 is 9.53 Å². The third kappa shape index (κ3) is 26.4. The minimum Gasteiger partial charge on any atom is -0.463 e. The summed E-state index contributed by atoms with van der Waals surface area (Å²) in [7, 11) is 0.0913. The molecule has 0 heterocycles. The lowest BCUT2D eigenvalue weighted by Gasteiger charge is -2.04. The monoisotopic (exact) mass is 566 g/mol. The molecule has 0 unspecified atom stereocenters. The van der Waals surface area contributed by atoms with Gasteiger partial charge in [0, 0.05) is 15.6 Å². The molecule has 0 aliphatic heterocycles. The van der Waals surface area contributed by atoms with E-state index in [1.807, 2.05) is 6.92 Å². The van der Waals surface area contributed by atoms with E-state index in [0.717, 1.165) is 6.42 Å². The van der Waals surface area contributed by atoms with E-state index in [1.54, 1.807) is 6.08 Å². The van der Waals surface area contributed by atoms with Gasteiger partial charge in [-0.2, -0.15) is 0 Å². The van der Waals surface area contributed by atoms with E-state index in [0.29, 0.717) is 9.97 Å². The normalized spacial score (nSPS) is 12.0. The Morgan fingerprint density at radius 2 is 1.07 bits per heavy atom. The van der Waals surface area contributed by atoms with Gasteiger partial charge in [0.2, 0.25) is 0 Å². The Kier molecular flexibility index (Phi) is 26.0. The molecule has 0 rings (SSSR count). The Bertz CT molecular complexity index is 389. The molecule has 0 bridgehead atoms. The van der Waals surface area contributed by atoms with Gasteiger partial charge in [-0.3, -0.25) is 0 Å². The van der Waals surface area contributed by atoms with Crippen LogP contribution in [-0.2, 0) is 9.53 Å². The van der Waals surface area contributed by atoms with Crippen LogP contribution in [0.3, 0.4) is 0 Å². The van der Waals surface area contributed by atoms with E-state index in [2.05, 4.69) is 31.9 Å². The van der Waals surface area contributed by atoms with Crippen molar-refractivity contribution in [2.75, 3.05) is 6.61 Å². The van der Waals surface area contributed by atoms with Crippen LogP contribution in [0.25, 0.3) is 0 Å². The molecule has 0 amide bonds. The average molecular weight is 569 g/mol. The molecule has 2 nitrogen and oxygen atoms in total. The summed E-state index contributed by atoms with van der Waals surface area (Å²) in [5.41, 5.74) is 0. The van der Waals surface area contributed by atoms with E-state index in [1.165, 1.54) is 121 Å². The van der Waals surface area contributed by atoms with Crippen LogP contribution < -0.4 is 0 Å². The van der Waals surface area contributed by atoms with E-state index in [-0.39, 0.29) is 15.5 Å². The summed E-state index contributed by atoms with van der Waals surface area (Å²) in [5.74, 6) is -0.209. The molecule has 0 aliphatic carbocycles. The fraction of sp³-hybridized carbons (Fsp3) is 0.880. The number of carbonyl (C=O) groups is 1. The van der Waals surface area contributed by atoms with Crippen LogP contribution in [-0.4, -0.2) is 25.5 Å². The molecule has 0 radical (unpaired) electrons. The van der Waals surface area contributed by atoms with E-state index in [4.69, 9.17) is 4.74 Å². The van der Waals surface area contributed by atoms with Crippen molar-refractivity contribution in [1.29, 1.82) is 0 Å². The lowest BCUT2D eigenvalue weighted by Crippen LogP contribution is -2.01. The first kappa shape index (κ1) is 30.4. The second-order valence-electron chi connectivity index (χ2n) is 8.56. The summed E-state index contributed by atoms with van der Waals surface area (Å²) >= 11 is 7.21. The number of rotatable bonds is 23. The Labute approximate surface area is 206 Å². The van der Waals surface area contributed by atoms with Crippen LogP contribution in [0, 0.1) is 0 Å². The van der Waals surface area contributed by atoms with Crippen LogP contribution in [0.1, 0.15) is 122 Å². The highest BCUT2D eigenvalue weighted by Crippen LogP contribution is 2.15. The second-order valence-corrected chi connectivity index (χ2v) is 16.5. The lowest BCUT2D eigenvalue weighted by atomic mass is 10.0. The maximum absolute atomic E-state index is 11.1. The van der Waals surface area contributed by atoms with Gasteiger partial charge in [-0.1, -0.05) is 153 Å². The van der Waals surface area contributed by atoms with Gasteiger partial charge in [0.15, 0.2) is 0 Å². The number of alkyl halides is 2. The van der Waals surface area contributed by atoms with Crippen molar-refractivity contribution in [1.82, 2.24) is 0 Å². The summed E-state index contributed by atoms with van der Waals surface area (Å²) in [4.78, 5) is 11.1. The smallest absolute Gasteiger partial charge is 0.330 e. The third-order valence-corrected chi connectivity index (χ3v) is 9.71. The molecule has 0 fully saturated rings. The predicted octanol–water partition coefficient (Wildman–Crippen LogP) is 8.79. The van der Waals surface area contributed by atoms with Gasteiger partial charge in [-0.15, -0.1) is 0 Å². The first-order valence-corrected chi connectivity index (χ1v) is 16.4. The number of carbonyl (C=O) groups excluding carboxylic acids is 1. The van der Waals surface area contributed by atoms with Gasteiger partial charge in [-0.05, 0) is 13.3 Å². The molecule has 0 aromatic carbocycles. The van der Waals surface area contributed by atoms with Crippen molar-refractivity contribution in [3.8, 4) is 0 Å². The van der Waals surface area contributed by atoms with Crippen molar-refractivity contribution in [3.63, 3.8) is 0 Å². The standard InChI is InChI=1S/C25H48Br2O2Si/c1-2-21-24(28)29-22-19-17-15-13-11-9-7-5-3-4-6-8-10-12-14-16-18-20-23-30-25(26)27/h2,21,25H,3-20,22-23,30H2,1H3. The van der Waals surface area contributed by atoms with Crippen LogP contribution in [0.15, 0.2) is 12.2 Å². The number of hydrogen-bond acceptors (Lipinski definition) is 2. The Morgan fingerprint density at radius 3 is 1.43 bits per heavy atom. The van der Waals surface area contributed by atoms with Crippen LogP contribution in [0.4, 0.5) is 0 Å². The van der Waals surface area contributed by atoms with E-state index >= 15 is 0 Å². The lowest BCUT2D eigenvalue weighted by molar-refractivity contribution is -0.137. The number of esters is 1. The molecule has 0 aromatic heterocycles. The van der Waals surface area contributed by atoms with Crippen LogP contribution in [0.2, 0.25) is 6.04 Å². The van der Waals surface area contributed by atoms with E-state index in [9.17, 15) is 4.79 Å². The molecule has 0 atom stereocenters. The minimum absolute atomic E-state index is 0.0913. The highest BCUT2D eigenvalue weighted by atomic mass is 79.9. The third-order valence-electron chi connectivity index (χ3n) is 5.61. The number of unbranched alkanes of at least 4 members (excludes halogenated alkanes) is 17. The Balaban J connectivity index is 3.06. The molecule has 5 heteroatoms. The number of hydrogen-bond donors (Lipinski definition) is 0. The summed E-state index contributed by atoms with van der Waals surface area (Å²) in [6.45, 7) is 2.40. The maximum Gasteiger partial charge on any atom is 0.330 e. The quantitative estimate of drug-likeness (QED) is 0.0405. The van der Waals surface area contributed by atoms with Gasteiger partial charge in [0.05, 0.1) is 9.97 Å². The second kappa shape index (κ2) is 25.6. The van der Waals surface area contributed by atoms with Crippen molar-refractivity contribution in [3.05, 3.63) is 12.2 Å². The summed E-state index contributed by atoms with van der Waals surface area (Å²) in [6.07, 6.45) is 28.1. The molecule has 0 aliphatic rings. The van der Waals surface area contributed by atoms with Gasteiger partial charge >= 0.3 is 5.97 Å². The highest BCUT2D eigenvalue weighted by Gasteiger charge is 1.99. The summed E-state index contributed by atoms with van der Waals surface area (Å²) in [6, 6.07) is 1.48. The fourth-order valence-corrected chi connectivity index (χ4v) is 6.66. The van der Waals surface area contributed by atoms with Gasteiger partial charge in [0.1, 0.15) is 0 Å². The molecule has 0 N–H and O–H groups in total. The Morgan fingerprint density at radius 1 is 0.700 bits per heavy atom. The number of ether oxygens (including phenoxy) is 1. The molecule has 178 valence electrons. The first-order chi connectivity index (χ1) is 14.7. The summed E-state index contributed by atoms with van der Waals surface area (Å²) < 4.78 is 5.75. The maximum atomic E-state index is 11.1. The van der Waals surface area contributed by atoms with Crippen molar-refractivity contribution >= 4 is 47.3 Å². The average Bonchev–Trinajstić information content (AvgIpc) is 2.71. The molecular formula is C25H48Br2O2Si. The molecule has 30 heavy (non-hydrogen) atoms. The zero-order chi connectivity index (χ0) is 22.1. The highest BCUT2D eigenvalue weighted by molar-refractivity contribution is 9.25. The fourth-order valence-electron chi connectivity index (χ4n) is 3.76. The van der Waals surface area contributed by atoms with Gasteiger partial charge in [0.25, 0.3) is 0 Å². The molecule has 0 spiro atoms. The zero-order valence-corrected chi connectivity index (χ0v) is 24.2. The zero-order valence-electron chi connectivity index (χ0n) is 19.7. The molecule has 0 saturated carbocycles. The number of halogens is 2. The Hall–Kier alpha value is 0.387. The number of allylic oxidation sites excluding steroid dienone is 1. The van der Waals surface area contributed by atoms with E-state index < -0.39 is 0 Å². The van der Waals surface area contributed by atoms with Gasteiger partial charge in [-0.25, -0.2) is 4.79 Å². The largest absolute Gasteiger partial charge is 0.463 e. The van der Waals surface area contributed by atoms with Crippen molar-refractivity contribution in [2.24, 2.45) is 0 Å². The minimum atomic E-state index is -0.209. The van der Waals surface area contributed by atoms with Crippen molar-refractivity contribution in [2.45, 2.75) is 132 Å². The first-order valence-electron chi connectivity index (χ1n) is 12.7. The van der Waals surface area contributed by atoms with Crippen LogP contribution >= 0.6 is 31.9 Å². The van der Waals surface area contributed by atoms with Crippen LogP contribution in [0.5, 0.6) is 0 Å². The van der Waals surface area contributed by atoms with Gasteiger partial charge < -0.3 is 4.74 Å². The topological polar surface area (TPSA) is 26.3 Å². The SMILES string of the molecule is CC=CC(=O)OCCCCCCCCCCCCCCCCCCCC[SiH2]C(Br)Br. The molecule has 0 saturated heterocycles. The summed E-state index contributed by atoms with van der Waals surface area (Å²) in [5, 5.41) is 0. The predicted molar refractivity (Wildman–Crippen MR) is 144 cm³/mol. The molecule has 0 aromatic rings.